The topological polar surface area (TPSA) is 52.7 Å². The Balaban J connectivity index is 1.48. The van der Waals surface area contributed by atoms with Crippen molar-refractivity contribution >= 4 is 11.8 Å². The second kappa shape index (κ2) is 9.65. The minimum atomic E-state index is -0.295. The van der Waals surface area contributed by atoms with Gasteiger partial charge < -0.3 is 10.2 Å². The predicted octanol–water partition coefficient (Wildman–Crippen LogP) is 3.07. The van der Waals surface area contributed by atoms with E-state index in [2.05, 4.69) is 10.2 Å². The van der Waals surface area contributed by atoms with Crippen LogP contribution in [0.5, 0.6) is 0 Å². The molecule has 1 aliphatic heterocycles. The lowest BCUT2D eigenvalue weighted by Gasteiger charge is -2.37. The Morgan fingerprint density at radius 2 is 1.83 bits per heavy atom. The zero-order valence-electron chi connectivity index (χ0n) is 17.0. The SMILES string of the molecule is C[C@@H](C(=O)N(C)Cc1cccc(F)c1)N1CCC(NC(=O)c2ccccc2)CC1. The maximum absolute atomic E-state index is 13.4. The number of amides is 2. The van der Waals surface area contributed by atoms with Crippen LogP contribution in [0.3, 0.4) is 0 Å². The molecule has 1 N–H and O–H groups in total. The number of piperidine rings is 1. The molecule has 2 aromatic rings. The zero-order valence-corrected chi connectivity index (χ0v) is 17.0. The first-order chi connectivity index (χ1) is 13.9. The van der Waals surface area contributed by atoms with E-state index in [0.717, 1.165) is 31.5 Å². The number of hydrogen-bond donors (Lipinski definition) is 1. The molecule has 0 spiro atoms. The van der Waals surface area contributed by atoms with Crippen LogP contribution in [-0.2, 0) is 11.3 Å². The molecule has 6 heteroatoms. The van der Waals surface area contributed by atoms with Gasteiger partial charge >= 0.3 is 0 Å². The average molecular weight is 397 g/mol. The van der Waals surface area contributed by atoms with Crippen LogP contribution >= 0.6 is 0 Å². The lowest BCUT2D eigenvalue weighted by molar-refractivity contribution is -0.136. The minimum absolute atomic E-state index is 0.0148. The summed E-state index contributed by atoms with van der Waals surface area (Å²) in [6, 6.07) is 15.4. The van der Waals surface area contributed by atoms with Gasteiger partial charge in [0, 0.05) is 38.3 Å². The average Bonchev–Trinajstić information content (AvgIpc) is 2.74. The van der Waals surface area contributed by atoms with Gasteiger partial charge in [-0.05, 0) is 49.6 Å². The van der Waals surface area contributed by atoms with Gasteiger partial charge in [-0.2, -0.15) is 0 Å². The number of likely N-dealkylation sites (N-methyl/N-ethyl adjacent to an activating group) is 1. The molecule has 0 aromatic heterocycles. The van der Waals surface area contributed by atoms with Gasteiger partial charge in [0.25, 0.3) is 5.91 Å². The number of carbonyl (C=O) groups is 2. The Labute approximate surface area is 171 Å². The van der Waals surface area contributed by atoms with Crippen molar-refractivity contribution in [3.05, 3.63) is 71.5 Å². The molecule has 1 fully saturated rings. The standard InChI is InChI=1S/C23H28FN3O2/c1-17(23(29)26(2)16-18-7-6-10-20(24)15-18)27-13-11-21(12-14-27)25-22(28)19-8-4-3-5-9-19/h3-10,15,17,21H,11-14,16H2,1-2H3,(H,25,28)/t17-/m0/s1. The molecule has 154 valence electrons. The predicted molar refractivity (Wildman–Crippen MR) is 111 cm³/mol. The summed E-state index contributed by atoms with van der Waals surface area (Å²) in [5, 5.41) is 3.09. The Kier molecular flexibility index (Phi) is 6.99. The molecule has 0 saturated carbocycles. The molecule has 5 nitrogen and oxygen atoms in total. The number of carbonyl (C=O) groups excluding carboxylic acids is 2. The molecule has 1 atom stereocenters. The maximum atomic E-state index is 13.4. The number of nitrogens with zero attached hydrogens (tertiary/aromatic N) is 2. The summed E-state index contributed by atoms with van der Waals surface area (Å²) in [5.41, 5.74) is 1.44. The van der Waals surface area contributed by atoms with Gasteiger partial charge in [-0.1, -0.05) is 30.3 Å². The fourth-order valence-corrected chi connectivity index (χ4v) is 3.75. The van der Waals surface area contributed by atoms with Crippen molar-refractivity contribution in [3.8, 4) is 0 Å². The third kappa shape index (κ3) is 5.64. The fraction of sp³-hybridized carbons (Fsp3) is 0.391. The zero-order chi connectivity index (χ0) is 20.8. The van der Waals surface area contributed by atoms with Crippen LogP contribution < -0.4 is 5.32 Å². The van der Waals surface area contributed by atoms with E-state index in [1.807, 2.05) is 31.2 Å². The number of nitrogens with one attached hydrogen (secondary N) is 1. The Morgan fingerprint density at radius 3 is 2.48 bits per heavy atom. The van der Waals surface area contributed by atoms with Crippen LogP contribution in [0, 0.1) is 5.82 Å². The van der Waals surface area contributed by atoms with Gasteiger partial charge in [0.1, 0.15) is 5.82 Å². The molecule has 2 amide bonds. The van der Waals surface area contributed by atoms with Gasteiger partial charge in [-0.15, -0.1) is 0 Å². The van der Waals surface area contributed by atoms with E-state index in [-0.39, 0.29) is 29.7 Å². The molecular formula is C23H28FN3O2. The lowest BCUT2D eigenvalue weighted by atomic mass is 10.0. The summed E-state index contributed by atoms with van der Waals surface area (Å²) in [5.74, 6) is -0.333. The smallest absolute Gasteiger partial charge is 0.251 e. The summed E-state index contributed by atoms with van der Waals surface area (Å²) in [6.45, 7) is 3.79. The van der Waals surface area contributed by atoms with Crippen molar-refractivity contribution in [1.29, 1.82) is 0 Å². The number of halogens is 1. The van der Waals surface area contributed by atoms with E-state index in [1.54, 1.807) is 30.1 Å². The van der Waals surface area contributed by atoms with Gasteiger partial charge in [-0.25, -0.2) is 4.39 Å². The van der Waals surface area contributed by atoms with Crippen LogP contribution in [0.2, 0.25) is 0 Å². The molecule has 0 aliphatic carbocycles. The Hall–Kier alpha value is -2.73. The maximum Gasteiger partial charge on any atom is 0.251 e. The van der Waals surface area contributed by atoms with Crippen LogP contribution in [0.25, 0.3) is 0 Å². The summed E-state index contributed by atoms with van der Waals surface area (Å²) in [6.07, 6.45) is 1.62. The Morgan fingerprint density at radius 1 is 1.14 bits per heavy atom. The molecule has 0 bridgehead atoms. The first-order valence-corrected chi connectivity index (χ1v) is 10.0. The molecule has 0 unspecified atom stereocenters. The van der Waals surface area contributed by atoms with Gasteiger partial charge in [-0.3, -0.25) is 14.5 Å². The van der Waals surface area contributed by atoms with Crippen molar-refractivity contribution in [3.63, 3.8) is 0 Å². The first-order valence-electron chi connectivity index (χ1n) is 10.0. The molecule has 3 rings (SSSR count). The quantitative estimate of drug-likeness (QED) is 0.815. The van der Waals surface area contributed by atoms with E-state index in [9.17, 15) is 14.0 Å². The van der Waals surface area contributed by atoms with E-state index in [0.29, 0.717) is 12.1 Å². The highest BCUT2D eigenvalue weighted by atomic mass is 19.1. The van der Waals surface area contributed by atoms with E-state index in [1.165, 1.54) is 12.1 Å². The third-order valence-electron chi connectivity index (χ3n) is 5.49. The molecular weight excluding hydrogens is 369 g/mol. The number of hydrogen-bond acceptors (Lipinski definition) is 3. The van der Waals surface area contributed by atoms with Gasteiger partial charge in [0.15, 0.2) is 0 Å². The molecule has 1 saturated heterocycles. The van der Waals surface area contributed by atoms with E-state index >= 15 is 0 Å². The van der Waals surface area contributed by atoms with Gasteiger partial charge in [0.05, 0.1) is 6.04 Å². The molecule has 29 heavy (non-hydrogen) atoms. The number of likely N-dealkylation sites (tertiary alicyclic amines) is 1. The highest BCUT2D eigenvalue weighted by molar-refractivity contribution is 5.94. The number of rotatable bonds is 6. The van der Waals surface area contributed by atoms with Crippen LogP contribution in [0.4, 0.5) is 4.39 Å². The second-order valence-electron chi connectivity index (χ2n) is 7.65. The summed E-state index contributed by atoms with van der Waals surface area (Å²) < 4.78 is 13.4. The third-order valence-corrected chi connectivity index (χ3v) is 5.49. The van der Waals surface area contributed by atoms with Crippen LogP contribution in [0.15, 0.2) is 54.6 Å². The van der Waals surface area contributed by atoms with E-state index < -0.39 is 0 Å². The normalized spacial score (nSPS) is 16.2. The van der Waals surface area contributed by atoms with Crippen LogP contribution in [0.1, 0.15) is 35.7 Å². The largest absolute Gasteiger partial charge is 0.349 e. The number of benzene rings is 2. The summed E-state index contributed by atoms with van der Waals surface area (Å²) in [4.78, 5) is 28.9. The highest BCUT2D eigenvalue weighted by Gasteiger charge is 2.29. The minimum Gasteiger partial charge on any atom is -0.349 e. The molecule has 1 aliphatic rings. The summed E-state index contributed by atoms with van der Waals surface area (Å²) >= 11 is 0. The van der Waals surface area contributed by atoms with Crippen LogP contribution in [-0.4, -0.2) is 53.8 Å². The van der Waals surface area contributed by atoms with Crippen molar-refractivity contribution in [1.82, 2.24) is 15.1 Å². The summed E-state index contributed by atoms with van der Waals surface area (Å²) in [7, 11) is 1.75. The fourth-order valence-electron chi connectivity index (χ4n) is 3.75. The van der Waals surface area contributed by atoms with Crippen molar-refractivity contribution in [2.75, 3.05) is 20.1 Å². The van der Waals surface area contributed by atoms with Crippen molar-refractivity contribution < 1.29 is 14.0 Å². The monoisotopic (exact) mass is 397 g/mol. The molecule has 1 heterocycles. The first kappa shape index (κ1) is 21.0. The van der Waals surface area contributed by atoms with Gasteiger partial charge in [0.2, 0.25) is 5.91 Å². The second-order valence-corrected chi connectivity index (χ2v) is 7.65. The lowest BCUT2D eigenvalue weighted by Crippen LogP contribution is -2.51. The van der Waals surface area contributed by atoms with Crippen molar-refractivity contribution in [2.45, 2.75) is 38.4 Å². The Bertz CT molecular complexity index is 835. The van der Waals surface area contributed by atoms with E-state index in [4.69, 9.17) is 0 Å². The molecule has 0 radical (unpaired) electrons. The molecule has 2 aromatic carbocycles. The highest BCUT2D eigenvalue weighted by Crippen LogP contribution is 2.16. The van der Waals surface area contributed by atoms with Crippen molar-refractivity contribution in [2.24, 2.45) is 0 Å².